The number of hydrogen-bond acceptors (Lipinski definition) is 3. The smallest absolute Gasteiger partial charge is 0.0992 e. The van der Waals surface area contributed by atoms with Crippen molar-refractivity contribution in [2.45, 2.75) is 0 Å². The minimum absolute atomic E-state index is 0.582. The van der Waals surface area contributed by atoms with E-state index in [4.69, 9.17) is 0 Å². The molecule has 0 aliphatic heterocycles. The highest BCUT2D eigenvalue weighted by Gasteiger charge is 2.08. The number of pyridine rings is 1. The van der Waals surface area contributed by atoms with Crippen LogP contribution in [0.4, 0.5) is 0 Å². The van der Waals surface area contributed by atoms with Crippen LogP contribution in [0.3, 0.4) is 0 Å². The maximum atomic E-state index is 9.50. The zero-order valence-electron chi connectivity index (χ0n) is 15.0. The zero-order valence-corrected chi connectivity index (χ0v) is 15.0. The van der Waals surface area contributed by atoms with Gasteiger partial charge in [0.05, 0.1) is 29.0 Å². The summed E-state index contributed by atoms with van der Waals surface area (Å²) in [5, 5.41) is 18.7. The SMILES string of the molecule is N#Cc1cccc(-c2cc(C#N)cc(-c3cccc(-c4ccccn4)c3)c2)c1. The molecule has 0 amide bonds. The van der Waals surface area contributed by atoms with Crippen molar-refractivity contribution in [2.75, 3.05) is 0 Å². The molecular formula is C25H15N3. The highest BCUT2D eigenvalue weighted by atomic mass is 14.7. The van der Waals surface area contributed by atoms with Crippen LogP contribution in [-0.2, 0) is 0 Å². The Balaban J connectivity index is 1.83. The minimum Gasteiger partial charge on any atom is -0.256 e. The first-order chi connectivity index (χ1) is 13.8. The third kappa shape index (κ3) is 3.51. The standard InChI is InChI=1S/C25H15N3/c26-16-18-5-3-6-20(11-18)23-12-19(17-27)13-24(15-23)21-7-4-8-22(14-21)25-9-1-2-10-28-25/h1-15H. The van der Waals surface area contributed by atoms with Gasteiger partial charge in [0, 0.05) is 11.8 Å². The van der Waals surface area contributed by atoms with Gasteiger partial charge in [-0.2, -0.15) is 10.5 Å². The van der Waals surface area contributed by atoms with Crippen molar-refractivity contribution >= 4 is 0 Å². The van der Waals surface area contributed by atoms with E-state index in [1.165, 1.54) is 0 Å². The van der Waals surface area contributed by atoms with Crippen LogP contribution in [0.5, 0.6) is 0 Å². The Kier molecular flexibility index (Phi) is 4.66. The molecule has 0 aliphatic carbocycles. The number of aromatic nitrogens is 1. The van der Waals surface area contributed by atoms with E-state index in [-0.39, 0.29) is 0 Å². The van der Waals surface area contributed by atoms with E-state index < -0.39 is 0 Å². The highest BCUT2D eigenvalue weighted by Crippen LogP contribution is 2.30. The summed E-state index contributed by atoms with van der Waals surface area (Å²) in [7, 11) is 0. The number of nitrogens with zero attached hydrogens (tertiary/aromatic N) is 3. The lowest BCUT2D eigenvalue weighted by Crippen LogP contribution is -1.88. The van der Waals surface area contributed by atoms with Gasteiger partial charge in [0.15, 0.2) is 0 Å². The van der Waals surface area contributed by atoms with Crippen LogP contribution in [0.2, 0.25) is 0 Å². The highest BCUT2D eigenvalue weighted by molar-refractivity contribution is 5.78. The Hall–Kier alpha value is -4.21. The summed E-state index contributed by atoms with van der Waals surface area (Å²) in [5.74, 6) is 0. The first-order valence-corrected chi connectivity index (χ1v) is 8.84. The quantitative estimate of drug-likeness (QED) is 0.464. The number of hydrogen-bond donors (Lipinski definition) is 0. The molecule has 1 aromatic heterocycles. The molecule has 130 valence electrons. The summed E-state index contributed by atoms with van der Waals surface area (Å²) in [6, 6.07) is 31.6. The Bertz CT molecular complexity index is 1230. The minimum atomic E-state index is 0.582. The molecule has 0 N–H and O–H groups in total. The van der Waals surface area contributed by atoms with Crippen LogP contribution < -0.4 is 0 Å². The first kappa shape index (κ1) is 17.2. The van der Waals surface area contributed by atoms with Gasteiger partial charge >= 0.3 is 0 Å². The van der Waals surface area contributed by atoms with Crippen LogP contribution in [0.1, 0.15) is 11.1 Å². The first-order valence-electron chi connectivity index (χ1n) is 8.84. The Labute approximate surface area is 163 Å². The van der Waals surface area contributed by atoms with E-state index in [1.54, 1.807) is 12.3 Å². The Morgan fingerprint density at radius 3 is 1.82 bits per heavy atom. The van der Waals surface area contributed by atoms with Gasteiger partial charge in [-0.3, -0.25) is 4.98 Å². The lowest BCUT2D eigenvalue weighted by molar-refractivity contribution is 1.33. The van der Waals surface area contributed by atoms with E-state index in [0.717, 1.165) is 33.5 Å². The number of nitriles is 2. The van der Waals surface area contributed by atoms with Gasteiger partial charge in [-0.05, 0) is 70.8 Å². The molecule has 0 radical (unpaired) electrons. The molecule has 3 aromatic carbocycles. The molecule has 0 bridgehead atoms. The zero-order chi connectivity index (χ0) is 19.3. The maximum absolute atomic E-state index is 9.50. The predicted octanol–water partition coefficient (Wildman–Crippen LogP) is 5.83. The van der Waals surface area contributed by atoms with Crippen LogP contribution >= 0.6 is 0 Å². The molecule has 4 aromatic rings. The molecule has 28 heavy (non-hydrogen) atoms. The fourth-order valence-corrected chi connectivity index (χ4v) is 3.19. The monoisotopic (exact) mass is 357 g/mol. The second-order valence-corrected chi connectivity index (χ2v) is 6.40. The van der Waals surface area contributed by atoms with Crippen molar-refractivity contribution in [1.29, 1.82) is 10.5 Å². The third-order valence-corrected chi connectivity index (χ3v) is 4.54. The van der Waals surface area contributed by atoms with E-state index in [1.807, 2.05) is 66.7 Å². The fraction of sp³-hybridized carbons (Fsp3) is 0. The van der Waals surface area contributed by atoms with Crippen molar-refractivity contribution in [2.24, 2.45) is 0 Å². The van der Waals surface area contributed by atoms with Gasteiger partial charge < -0.3 is 0 Å². The molecule has 0 aliphatic rings. The number of rotatable bonds is 3. The molecule has 0 atom stereocenters. The van der Waals surface area contributed by atoms with E-state index in [2.05, 4.69) is 29.3 Å². The van der Waals surface area contributed by atoms with Crippen molar-refractivity contribution in [3.63, 3.8) is 0 Å². The largest absolute Gasteiger partial charge is 0.256 e. The van der Waals surface area contributed by atoms with Crippen molar-refractivity contribution in [3.05, 3.63) is 102 Å². The normalized spacial score (nSPS) is 10.1. The molecule has 3 heteroatoms. The van der Waals surface area contributed by atoms with Gasteiger partial charge in [0.2, 0.25) is 0 Å². The molecule has 0 spiro atoms. The fourth-order valence-electron chi connectivity index (χ4n) is 3.19. The Morgan fingerprint density at radius 2 is 1.14 bits per heavy atom. The van der Waals surface area contributed by atoms with Crippen molar-refractivity contribution < 1.29 is 0 Å². The summed E-state index contributed by atoms with van der Waals surface area (Å²) in [4.78, 5) is 4.42. The lowest BCUT2D eigenvalue weighted by Gasteiger charge is -2.09. The lowest BCUT2D eigenvalue weighted by atomic mass is 9.94. The third-order valence-electron chi connectivity index (χ3n) is 4.54. The molecule has 3 nitrogen and oxygen atoms in total. The van der Waals surface area contributed by atoms with Gasteiger partial charge in [0.25, 0.3) is 0 Å². The summed E-state index contributed by atoms with van der Waals surface area (Å²) >= 11 is 0. The van der Waals surface area contributed by atoms with Crippen LogP contribution in [0, 0.1) is 22.7 Å². The maximum Gasteiger partial charge on any atom is 0.0992 e. The summed E-state index contributed by atoms with van der Waals surface area (Å²) < 4.78 is 0. The van der Waals surface area contributed by atoms with Gasteiger partial charge in [-0.15, -0.1) is 0 Å². The van der Waals surface area contributed by atoms with E-state index in [0.29, 0.717) is 11.1 Å². The molecule has 0 fully saturated rings. The number of benzene rings is 3. The summed E-state index contributed by atoms with van der Waals surface area (Å²) in [6.45, 7) is 0. The average Bonchev–Trinajstić information content (AvgIpc) is 2.79. The molecule has 4 rings (SSSR count). The Morgan fingerprint density at radius 1 is 0.536 bits per heavy atom. The second-order valence-electron chi connectivity index (χ2n) is 6.40. The van der Waals surface area contributed by atoms with Gasteiger partial charge in [-0.25, -0.2) is 0 Å². The molecule has 1 heterocycles. The summed E-state index contributed by atoms with van der Waals surface area (Å²) in [6.07, 6.45) is 1.78. The van der Waals surface area contributed by atoms with Gasteiger partial charge in [0.1, 0.15) is 0 Å². The van der Waals surface area contributed by atoms with Crippen molar-refractivity contribution in [1.82, 2.24) is 4.98 Å². The van der Waals surface area contributed by atoms with E-state index in [9.17, 15) is 10.5 Å². The molecule has 0 saturated heterocycles. The second kappa shape index (κ2) is 7.58. The topological polar surface area (TPSA) is 60.5 Å². The molecule has 0 unspecified atom stereocenters. The average molecular weight is 357 g/mol. The van der Waals surface area contributed by atoms with Crippen LogP contribution in [0.15, 0.2) is 91.1 Å². The molecule has 0 saturated carbocycles. The van der Waals surface area contributed by atoms with E-state index >= 15 is 0 Å². The van der Waals surface area contributed by atoms with Crippen molar-refractivity contribution in [3.8, 4) is 45.6 Å². The predicted molar refractivity (Wildman–Crippen MR) is 110 cm³/mol. The van der Waals surface area contributed by atoms with Crippen LogP contribution in [0.25, 0.3) is 33.5 Å². The molecular weight excluding hydrogens is 342 g/mol. The summed E-state index contributed by atoms with van der Waals surface area (Å²) in [5.41, 5.74) is 6.90. The van der Waals surface area contributed by atoms with Crippen LogP contribution in [-0.4, -0.2) is 4.98 Å². The van der Waals surface area contributed by atoms with Gasteiger partial charge in [-0.1, -0.05) is 36.4 Å².